The molecule has 0 aromatic rings. The third-order valence-electron chi connectivity index (χ3n) is 14.8. The number of ether oxygens (including phenoxy) is 4. The fourth-order valence-corrected chi connectivity index (χ4v) is 11.2. The summed E-state index contributed by atoms with van der Waals surface area (Å²) in [5.41, 5.74) is 0. The van der Waals surface area contributed by atoms with Crippen LogP contribution >= 0.6 is 15.6 Å². The summed E-state index contributed by atoms with van der Waals surface area (Å²) in [6, 6.07) is 0. The van der Waals surface area contributed by atoms with Crippen LogP contribution < -0.4 is 0 Å². The Labute approximate surface area is 511 Å². The zero-order valence-corrected chi connectivity index (χ0v) is 56.3. The maximum atomic E-state index is 13.0. The van der Waals surface area contributed by atoms with Crippen LogP contribution in [0, 0.1) is 23.7 Å². The molecule has 0 aliphatic heterocycles. The van der Waals surface area contributed by atoms with Crippen molar-refractivity contribution in [3.8, 4) is 0 Å². The predicted octanol–water partition coefficient (Wildman–Crippen LogP) is 17.8. The molecule has 0 heterocycles. The van der Waals surface area contributed by atoms with Gasteiger partial charge in [-0.2, -0.15) is 0 Å². The van der Waals surface area contributed by atoms with Gasteiger partial charge in [0.05, 0.1) is 26.4 Å². The van der Waals surface area contributed by atoms with E-state index in [2.05, 4.69) is 55.4 Å². The third-order valence-corrected chi connectivity index (χ3v) is 16.7. The van der Waals surface area contributed by atoms with E-state index in [1.165, 1.54) is 109 Å². The Hall–Kier alpha value is -1.94. The molecule has 0 aromatic heterocycles. The molecule has 0 radical (unpaired) electrons. The van der Waals surface area contributed by atoms with E-state index in [1.807, 2.05) is 0 Å². The normalized spacial score (nSPS) is 14.4. The van der Waals surface area contributed by atoms with E-state index in [9.17, 15) is 43.2 Å². The molecular formula is C65H126O17P2. The Bertz CT molecular complexity index is 1680. The van der Waals surface area contributed by atoms with Gasteiger partial charge in [-0.1, -0.05) is 261 Å². The summed E-state index contributed by atoms with van der Waals surface area (Å²) in [4.78, 5) is 72.2. The van der Waals surface area contributed by atoms with Gasteiger partial charge >= 0.3 is 39.5 Å². The highest BCUT2D eigenvalue weighted by atomic mass is 31.2. The maximum absolute atomic E-state index is 13.0. The Morgan fingerprint density at radius 3 is 0.738 bits per heavy atom. The van der Waals surface area contributed by atoms with Gasteiger partial charge in [-0.3, -0.25) is 37.3 Å². The summed E-state index contributed by atoms with van der Waals surface area (Å²) in [6.07, 6.45) is 35.1. The molecule has 0 amide bonds. The van der Waals surface area contributed by atoms with Gasteiger partial charge in [0.25, 0.3) is 0 Å². The molecule has 0 bridgehead atoms. The lowest BCUT2D eigenvalue weighted by molar-refractivity contribution is -0.161. The SMILES string of the molecule is CC(C)CCCCCCCCCCCCC(=O)O[C@H](COC(=O)CCCCCCCCCC(C)C)COP(=O)(O)OCC(O)COP(=O)(O)OC[C@@H](COC(=O)CCCCCCCCCCCC(C)C)OC(=O)CCCCCCCCC(C)C. The van der Waals surface area contributed by atoms with E-state index >= 15 is 0 Å². The van der Waals surface area contributed by atoms with Gasteiger partial charge in [0.15, 0.2) is 12.2 Å². The second kappa shape index (κ2) is 55.2. The molecule has 0 fully saturated rings. The fraction of sp³-hybridized carbons (Fsp3) is 0.938. The number of rotatable bonds is 62. The molecule has 0 aliphatic carbocycles. The van der Waals surface area contributed by atoms with E-state index < -0.39 is 97.5 Å². The summed E-state index contributed by atoms with van der Waals surface area (Å²) in [5.74, 6) is 0.729. The largest absolute Gasteiger partial charge is 0.472 e. The maximum Gasteiger partial charge on any atom is 0.472 e. The van der Waals surface area contributed by atoms with E-state index in [0.29, 0.717) is 37.5 Å². The number of hydrogen-bond donors (Lipinski definition) is 3. The van der Waals surface area contributed by atoms with Crippen LogP contribution in [0.25, 0.3) is 0 Å². The first-order valence-corrected chi connectivity index (χ1v) is 36.7. The standard InChI is InChI=1S/C65H126O17P2/c1-55(2)41-33-25-17-12-9-10-14-21-31-39-47-64(69)81-60(51-76-63(68)46-38-30-22-16-19-27-35-43-57(5)6)53-79-83(71,72)77-49-59(66)50-78-84(73,74)80-54-61(82-65(70)48-40-32-24-23-28-36-44-58(7)8)52-75-62(67)45-37-29-20-15-11-13-18-26-34-42-56(3)4/h55-61,66H,9-54H2,1-8H3,(H,71,72)(H,73,74)/t59?,60-,61-/m1/s1. The average molecular weight is 1240 g/mol. The number of hydrogen-bond acceptors (Lipinski definition) is 15. The zero-order chi connectivity index (χ0) is 62.5. The van der Waals surface area contributed by atoms with Gasteiger partial charge in [-0.25, -0.2) is 9.13 Å². The molecule has 0 saturated carbocycles. The van der Waals surface area contributed by atoms with E-state index in [-0.39, 0.29) is 25.7 Å². The van der Waals surface area contributed by atoms with Crippen molar-refractivity contribution in [2.45, 2.75) is 331 Å². The minimum absolute atomic E-state index is 0.101. The van der Waals surface area contributed by atoms with Crippen molar-refractivity contribution in [3.63, 3.8) is 0 Å². The highest BCUT2D eigenvalue weighted by molar-refractivity contribution is 7.47. The monoisotopic (exact) mass is 1240 g/mol. The van der Waals surface area contributed by atoms with Gasteiger partial charge in [-0.05, 0) is 49.4 Å². The number of unbranched alkanes of at least 4 members (excludes halogenated alkanes) is 28. The number of esters is 4. The second-order valence-electron chi connectivity index (χ2n) is 25.4. The van der Waals surface area contributed by atoms with Crippen LogP contribution in [0.5, 0.6) is 0 Å². The van der Waals surface area contributed by atoms with Crippen molar-refractivity contribution < 1.29 is 80.2 Å². The van der Waals surface area contributed by atoms with Crippen LogP contribution in [0.4, 0.5) is 0 Å². The number of carbonyl (C=O) groups excluding carboxylic acids is 4. The van der Waals surface area contributed by atoms with Crippen LogP contribution in [-0.2, 0) is 65.4 Å². The highest BCUT2D eigenvalue weighted by Gasteiger charge is 2.30. The molecule has 19 heteroatoms. The lowest BCUT2D eigenvalue weighted by Gasteiger charge is -2.21. The lowest BCUT2D eigenvalue weighted by Crippen LogP contribution is -2.30. The third kappa shape index (κ3) is 59.0. The summed E-state index contributed by atoms with van der Waals surface area (Å²) >= 11 is 0. The minimum atomic E-state index is -4.95. The molecule has 3 N–H and O–H groups in total. The quantitative estimate of drug-likeness (QED) is 0.0222. The first kappa shape index (κ1) is 82.1. The molecule has 0 aromatic carbocycles. The zero-order valence-electron chi connectivity index (χ0n) is 54.5. The molecule has 5 atom stereocenters. The van der Waals surface area contributed by atoms with Crippen molar-refractivity contribution in [1.82, 2.24) is 0 Å². The number of aliphatic hydroxyl groups excluding tert-OH is 1. The number of phosphoric acid groups is 2. The topological polar surface area (TPSA) is 237 Å². The van der Waals surface area contributed by atoms with Crippen LogP contribution in [0.3, 0.4) is 0 Å². The van der Waals surface area contributed by atoms with Crippen LogP contribution in [0.2, 0.25) is 0 Å². The second-order valence-corrected chi connectivity index (χ2v) is 28.3. The molecule has 17 nitrogen and oxygen atoms in total. The Balaban J connectivity index is 5.24. The van der Waals surface area contributed by atoms with E-state index in [0.717, 1.165) is 108 Å². The van der Waals surface area contributed by atoms with Gasteiger partial charge < -0.3 is 33.8 Å². The lowest BCUT2D eigenvalue weighted by atomic mass is 10.0. The average Bonchev–Trinajstić information content (AvgIpc) is 3.56. The summed E-state index contributed by atoms with van der Waals surface area (Å²) in [6.45, 7) is 13.9. The van der Waals surface area contributed by atoms with E-state index in [4.69, 9.17) is 37.0 Å². The Kier molecular flexibility index (Phi) is 53.9. The van der Waals surface area contributed by atoms with Crippen molar-refractivity contribution in [2.75, 3.05) is 39.6 Å². The fourth-order valence-electron chi connectivity index (χ4n) is 9.61. The summed E-state index contributed by atoms with van der Waals surface area (Å²) < 4.78 is 68.0. The molecule has 84 heavy (non-hydrogen) atoms. The smallest absolute Gasteiger partial charge is 0.462 e. The molecular weight excluding hydrogens is 1110 g/mol. The van der Waals surface area contributed by atoms with Crippen molar-refractivity contribution in [1.29, 1.82) is 0 Å². The first-order chi connectivity index (χ1) is 40.1. The van der Waals surface area contributed by atoms with Crippen molar-refractivity contribution in [3.05, 3.63) is 0 Å². The molecule has 0 spiro atoms. The van der Waals surface area contributed by atoms with Crippen molar-refractivity contribution >= 4 is 39.5 Å². The number of phosphoric ester groups is 2. The first-order valence-electron chi connectivity index (χ1n) is 33.7. The summed E-state index contributed by atoms with van der Waals surface area (Å²) in [7, 11) is -9.89. The number of aliphatic hydroxyl groups is 1. The predicted molar refractivity (Wildman–Crippen MR) is 335 cm³/mol. The Morgan fingerprint density at radius 1 is 0.298 bits per heavy atom. The van der Waals surface area contributed by atoms with Gasteiger partial charge in [-0.15, -0.1) is 0 Å². The van der Waals surface area contributed by atoms with Crippen LogP contribution in [-0.4, -0.2) is 96.7 Å². The van der Waals surface area contributed by atoms with Crippen molar-refractivity contribution in [2.24, 2.45) is 23.7 Å². The van der Waals surface area contributed by atoms with Crippen LogP contribution in [0.15, 0.2) is 0 Å². The molecule has 498 valence electrons. The highest BCUT2D eigenvalue weighted by Crippen LogP contribution is 2.45. The minimum Gasteiger partial charge on any atom is -0.462 e. The van der Waals surface area contributed by atoms with Crippen LogP contribution in [0.1, 0.15) is 312 Å². The molecule has 3 unspecified atom stereocenters. The van der Waals surface area contributed by atoms with Gasteiger partial charge in [0, 0.05) is 25.7 Å². The summed E-state index contributed by atoms with van der Waals surface area (Å²) in [5, 5.41) is 10.5. The molecule has 0 aliphatic rings. The van der Waals surface area contributed by atoms with Gasteiger partial charge in [0.1, 0.15) is 19.3 Å². The Morgan fingerprint density at radius 2 is 0.500 bits per heavy atom. The molecule has 0 saturated heterocycles. The van der Waals surface area contributed by atoms with E-state index in [1.54, 1.807) is 0 Å². The number of carbonyl (C=O) groups is 4. The van der Waals surface area contributed by atoms with Gasteiger partial charge in [0.2, 0.25) is 0 Å². The molecule has 0 rings (SSSR count).